The molecule has 1 amide bonds. The summed E-state index contributed by atoms with van der Waals surface area (Å²) in [5, 5.41) is 0. The van der Waals surface area contributed by atoms with Crippen LogP contribution in [0.4, 0.5) is 0 Å². The van der Waals surface area contributed by atoms with Gasteiger partial charge in [0.05, 0.1) is 0 Å². The van der Waals surface area contributed by atoms with Crippen molar-refractivity contribution in [3.8, 4) is 0 Å². The summed E-state index contributed by atoms with van der Waals surface area (Å²) in [5.74, 6) is 0.540. The van der Waals surface area contributed by atoms with Crippen molar-refractivity contribution in [3.05, 3.63) is 12.7 Å². The maximum Gasteiger partial charge on any atom is 0.246 e. The summed E-state index contributed by atoms with van der Waals surface area (Å²) in [6, 6.07) is 0.804. The molecule has 0 spiro atoms. The molecule has 84 valence electrons. The maximum atomic E-state index is 11.5. The molecule has 2 aliphatic rings. The van der Waals surface area contributed by atoms with Gasteiger partial charge >= 0.3 is 0 Å². The lowest BCUT2D eigenvalue weighted by molar-refractivity contribution is -0.128. The standard InChI is InChI=1S/C11H19N3O/c1-4-9(15)14(3)8-5-7-6-13(2)11(8)10(7)12/h4,7-8,10-11H,1,5-6,12H2,2-3H3/t7-,8+,10-,11-/m1/s1. The summed E-state index contributed by atoms with van der Waals surface area (Å²) >= 11 is 0. The summed E-state index contributed by atoms with van der Waals surface area (Å²) in [7, 11) is 3.93. The van der Waals surface area contributed by atoms with E-state index in [1.165, 1.54) is 6.08 Å². The van der Waals surface area contributed by atoms with Gasteiger partial charge in [-0.2, -0.15) is 0 Å². The highest BCUT2D eigenvalue weighted by Crippen LogP contribution is 2.38. The third-order valence-electron chi connectivity index (χ3n) is 3.93. The van der Waals surface area contributed by atoms with Crippen molar-refractivity contribution >= 4 is 5.91 Å². The molecule has 1 aliphatic carbocycles. The molecule has 1 saturated heterocycles. The molecule has 1 aliphatic heterocycles. The van der Waals surface area contributed by atoms with E-state index in [1.54, 1.807) is 4.90 Å². The Morgan fingerprint density at radius 3 is 2.80 bits per heavy atom. The second-order valence-electron chi connectivity index (χ2n) is 4.72. The lowest BCUT2D eigenvalue weighted by Crippen LogP contribution is -2.51. The van der Waals surface area contributed by atoms with Crippen molar-refractivity contribution in [1.82, 2.24) is 9.80 Å². The Morgan fingerprint density at radius 1 is 1.67 bits per heavy atom. The third-order valence-corrected chi connectivity index (χ3v) is 3.93. The summed E-state index contributed by atoms with van der Waals surface area (Å²) in [5.41, 5.74) is 6.14. The molecule has 1 saturated carbocycles. The number of likely N-dealkylation sites (tertiary alicyclic amines) is 1. The van der Waals surface area contributed by atoms with E-state index in [1.807, 2.05) is 7.05 Å². The van der Waals surface area contributed by atoms with Gasteiger partial charge in [0.25, 0.3) is 0 Å². The van der Waals surface area contributed by atoms with Crippen molar-refractivity contribution in [2.75, 3.05) is 20.6 Å². The Balaban J connectivity index is 2.13. The Hall–Kier alpha value is -0.870. The van der Waals surface area contributed by atoms with Crippen LogP contribution in [0.1, 0.15) is 6.42 Å². The first-order chi connectivity index (χ1) is 7.06. The first kappa shape index (κ1) is 10.6. The zero-order chi connectivity index (χ0) is 11.2. The Kier molecular flexibility index (Phi) is 2.56. The van der Waals surface area contributed by atoms with Crippen LogP contribution in [-0.2, 0) is 4.79 Å². The highest BCUT2D eigenvalue weighted by Gasteiger charge is 2.51. The molecule has 2 fully saturated rings. The Morgan fingerprint density at radius 2 is 2.33 bits per heavy atom. The number of rotatable bonds is 2. The van der Waals surface area contributed by atoms with Gasteiger partial charge in [-0.05, 0) is 25.5 Å². The van der Waals surface area contributed by atoms with Gasteiger partial charge < -0.3 is 10.6 Å². The molecule has 2 bridgehead atoms. The number of amides is 1. The number of likely N-dealkylation sites (N-methyl/N-ethyl adjacent to an activating group) is 2. The van der Waals surface area contributed by atoms with Gasteiger partial charge in [-0.3, -0.25) is 9.69 Å². The molecule has 2 N–H and O–H groups in total. The van der Waals surface area contributed by atoms with Crippen molar-refractivity contribution in [2.45, 2.75) is 24.5 Å². The summed E-state index contributed by atoms with van der Waals surface area (Å²) in [4.78, 5) is 15.6. The second-order valence-corrected chi connectivity index (χ2v) is 4.72. The van der Waals surface area contributed by atoms with Crippen LogP contribution in [0.5, 0.6) is 0 Å². The second kappa shape index (κ2) is 3.61. The molecule has 1 heterocycles. The van der Waals surface area contributed by atoms with Crippen molar-refractivity contribution < 1.29 is 4.79 Å². The maximum absolute atomic E-state index is 11.5. The van der Waals surface area contributed by atoms with Crippen molar-refractivity contribution in [2.24, 2.45) is 11.7 Å². The van der Waals surface area contributed by atoms with Gasteiger partial charge in [0.1, 0.15) is 0 Å². The number of carbonyl (C=O) groups is 1. The Bertz CT molecular complexity index is 292. The quantitative estimate of drug-likeness (QED) is 0.633. The molecular formula is C11H19N3O. The fourth-order valence-electron chi connectivity index (χ4n) is 3.11. The van der Waals surface area contributed by atoms with E-state index in [0.717, 1.165) is 13.0 Å². The highest BCUT2D eigenvalue weighted by atomic mass is 16.2. The topological polar surface area (TPSA) is 49.6 Å². The van der Waals surface area contributed by atoms with Gasteiger partial charge in [0.2, 0.25) is 5.91 Å². The molecular weight excluding hydrogens is 190 g/mol. The minimum atomic E-state index is -0.00634. The predicted molar refractivity (Wildman–Crippen MR) is 59.3 cm³/mol. The van der Waals surface area contributed by atoms with Gasteiger partial charge in [-0.15, -0.1) is 0 Å². The molecule has 4 atom stereocenters. The first-order valence-electron chi connectivity index (χ1n) is 5.41. The van der Waals surface area contributed by atoms with Crippen LogP contribution in [0.2, 0.25) is 0 Å². The lowest BCUT2D eigenvalue weighted by Gasteiger charge is -2.36. The number of hydrogen-bond acceptors (Lipinski definition) is 3. The SMILES string of the molecule is C=CC(=O)N(C)[C@H]1C[C@@H]2CN(C)[C@H]1[C@@H]2N. The fraction of sp³-hybridized carbons (Fsp3) is 0.727. The van der Waals surface area contributed by atoms with Gasteiger partial charge in [-0.1, -0.05) is 6.58 Å². The van der Waals surface area contributed by atoms with Gasteiger partial charge in [0.15, 0.2) is 0 Å². The van der Waals surface area contributed by atoms with Crippen LogP contribution in [0.25, 0.3) is 0 Å². The lowest BCUT2D eigenvalue weighted by atomic mass is 10.0. The smallest absolute Gasteiger partial charge is 0.246 e. The molecule has 0 aromatic heterocycles. The van der Waals surface area contributed by atoms with E-state index in [0.29, 0.717) is 12.0 Å². The van der Waals surface area contributed by atoms with Crippen LogP contribution < -0.4 is 5.73 Å². The molecule has 0 radical (unpaired) electrons. The number of carbonyl (C=O) groups excluding carboxylic acids is 1. The average Bonchev–Trinajstić information content (AvgIpc) is 2.68. The van der Waals surface area contributed by atoms with Crippen LogP contribution >= 0.6 is 0 Å². The summed E-state index contributed by atoms with van der Waals surface area (Å²) in [6.07, 6.45) is 2.41. The van der Waals surface area contributed by atoms with E-state index in [-0.39, 0.29) is 18.0 Å². The predicted octanol–water partition coefficient (Wildman–Crippen LogP) is -0.339. The summed E-state index contributed by atoms with van der Waals surface area (Å²) < 4.78 is 0. The molecule has 4 nitrogen and oxygen atoms in total. The van der Waals surface area contributed by atoms with E-state index >= 15 is 0 Å². The average molecular weight is 209 g/mol. The van der Waals surface area contributed by atoms with E-state index in [4.69, 9.17) is 5.73 Å². The van der Waals surface area contributed by atoms with Crippen LogP contribution in [0, 0.1) is 5.92 Å². The molecule has 0 aromatic carbocycles. The highest BCUT2D eigenvalue weighted by molar-refractivity contribution is 5.87. The number of hydrogen-bond donors (Lipinski definition) is 1. The van der Waals surface area contributed by atoms with Crippen molar-refractivity contribution in [3.63, 3.8) is 0 Å². The normalized spacial score (nSPS) is 39.4. The Labute approximate surface area is 90.7 Å². The molecule has 4 heteroatoms. The fourth-order valence-corrected chi connectivity index (χ4v) is 3.11. The van der Waals surface area contributed by atoms with Crippen LogP contribution in [-0.4, -0.2) is 54.5 Å². The number of nitrogens with zero attached hydrogens (tertiary/aromatic N) is 2. The monoisotopic (exact) mass is 209 g/mol. The van der Waals surface area contributed by atoms with E-state index in [9.17, 15) is 4.79 Å². The van der Waals surface area contributed by atoms with Gasteiger partial charge in [-0.25, -0.2) is 0 Å². The molecule has 15 heavy (non-hydrogen) atoms. The zero-order valence-corrected chi connectivity index (χ0v) is 9.39. The number of fused-ring (bicyclic) bond motifs is 2. The largest absolute Gasteiger partial charge is 0.338 e. The number of piperidine rings is 1. The minimum Gasteiger partial charge on any atom is -0.338 e. The van der Waals surface area contributed by atoms with Crippen LogP contribution in [0.15, 0.2) is 12.7 Å². The van der Waals surface area contributed by atoms with Gasteiger partial charge in [0, 0.05) is 31.7 Å². The number of nitrogens with two attached hydrogens (primary N) is 1. The van der Waals surface area contributed by atoms with Crippen molar-refractivity contribution in [1.29, 1.82) is 0 Å². The zero-order valence-electron chi connectivity index (χ0n) is 9.39. The minimum absolute atomic E-state index is 0.00634. The molecule has 2 rings (SSSR count). The summed E-state index contributed by atoms with van der Waals surface area (Å²) in [6.45, 7) is 4.59. The molecule has 0 unspecified atom stereocenters. The first-order valence-corrected chi connectivity index (χ1v) is 5.41. The molecule has 0 aromatic rings. The van der Waals surface area contributed by atoms with Crippen LogP contribution in [0.3, 0.4) is 0 Å². The van der Waals surface area contributed by atoms with E-state index < -0.39 is 0 Å². The third kappa shape index (κ3) is 1.48. The van der Waals surface area contributed by atoms with E-state index in [2.05, 4.69) is 18.5 Å².